The van der Waals surface area contributed by atoms with Crippen molar-refractivity contribution in [1.82, 2.24) is 20.3 Å². The summed E-state index contributed by atoms with van der Waals surface area (Å²) >= 11 is 6.48. The fourth-order valence-electron chi connectivity index (χ4n) is 4.56. The van der Waals surface area contributed by atoms with Crippen molar-refractivity contribution in [3.63, 3.8) is 0 Å². The monoisotopic (exact) mass is 481 g/mol. The molecule has 4 aromatic rings. The van der Waals surface area contributed by atoms with Gasteiger partial charge in [-0.15, -0.1) is 0 Å². The third-order valence-electron chi connectivity index (χ3n) is 6.15. The Hall–Kier alpha value is -3.72. The second kappa shape index (κ2) is 8.57. The zero-order valence-corrected chi connectivity index (χ0v) is 19.2. The number of halogens is 2. The van der Waals surface area contributed by atoms with Gasteiger partial charge in [0.15, 0.2) is 0 Å². The highest BCUT2D eigenvalue weighted by Gasteiger charge is 2.36. The van der Waals surface area contributed by atoms with Crippen LogP contribution < -0.4 is 10.9 Å². The largest absolute Gasteiger partial charge is 0.364 e. The second-order valence-electron chi connectivity index (χ2n) is 8.36. The molecule has 10 heteroatoms. The number of aromatic amines is 1. The van der Waals surface area contributed by atoms with E-state index in [-0.39, 0.29) is 28.4 Å². The number of aromatic nitrogens is 3. The standard InChI is InChI=1S/C24H21ClFN5O3/c1-3-21-23-15(8-22(32)28-29-23)6-12(2)31(21)24(33)27-20-10-17(25)16(9-18(20)26)13-4-5-14-11-34-30-19(14)7-13/h4-5,7-12,21H,3,6H2,1-2H3,(H,27,33)(H,28,32). The van der Waals surface area contributed by atoms with Crippen molar-refractivity contribution >= 4 is 34.2 Å². The minimum Gasteiger partial charge on any atom is -0.364 e. The lowest BCUT2D eigenvalue weighted by Crippen LogP contribution is -2.48. The number of nitrogens with one attached hydrogen (secondary N) is 2. The van der Waals surface area contributed by atoms with Crippen molar-refractivity contribution in [1.29, 1.82) is 0 Å². The Bertz CT molecular complexity index is 1470. The number of amides is 2. The molecule has 0 aliphatic carbocycles. The number of nitrogens with zero attached hydrogens (tertiary/aromatic N) is 3. The average Bonchev–Trinajstić information content (AvgIpc) is 3.28. The summed E-state index contributed by atoms with van der Waals surface area (Å²) in [5.41, 5.74) is 2.94. The van der Waals surface area contributed by atoms with Crippen LogP contribution in [0.3, 0.4) is 0 Å². The Morgan fingerprint density at radius 3 is 2.94 bits per heavy atom. The molecular weight excluding hydrogens is 461 g/mol. The average molecular weight is 482 g/mol. The molecule has 2 unspecified atom stereocenters. The SMILES string of the molecule is CCC1c2n[nH]c(=O)cc2CC(C)N1C(=O)Nc1cc(Cl)c(-c2ccc3conc3c2)cc1F. The summed E-state index contributed by atoms with van der Waals surface area (Å²) in [6.07, 6.45) is 2.58. The normalized spacial score (nSPS) is 17.6. The molecule has 8 nitrogen and oxygen atoms in total. The molecule has 2 atom stereocenters. The third kappa shape index (κ3) is 3.81. The zero-order valence-electron chi connectivity index (χ0n) is 18.4. The molecule has 34 heavy (non-hydrogen) atoms. The highest BCUT2D eigenvalue weighted by molar-refractivity contribution is 6.33. The Kier molecular flexibility index (Phi) is 5.57. The fourth-order valence-corrected chi connectivity index (χ4v) is 4.84. The van der Waals surface area contributed by atoms with Crippen LogP contribution in [0.2, 0.25) is 5.02 Å². The Morgan fingerprint density at radius 2 is 2.15 bits per heavy atom. The van der Waals surface area contributed by atoms with Gasteiger partial charge in [0.2, 0.25) is 0 Å². The van der Waals surface area contributed by atoms with Crippen LogP contribution in [-0.4, -0.2) is 32.3 Å². The molecule has 5 rings (SSSR count). The van der Waals surface area contributed by atoms with E-state index in [1.165, 1.54) is 24.5 Å². The van der Waals surface area contributed by atoms with Crippen LogP contribution in [-0.2, 0) is 6.42 Å². The molecular formula is C24H21ClFN5O3. The number of carbonyl (C=O) groups excluding carboxylic acids is 1. The summed E-state index contributed by atoms with van der Waals surface area (Å²) in [7, 11) is 0. The molecule has 0 saturated heterocycles. The number of hydrogen-bond donors (Lipinski definition) is 2. The summed E-state index contributed by atoms with van der Waals surface area (Å²) in [5.74, 6) is -0.617. The molecule has 0 radical (unpaired) electrons. The predicted octanol–water partition coefficient (Wildman–Crippen LogP) is 5.30. The van der Waals surface area contributed by atoms with Gasteiger partial charge in [-0.25, -0.2) is 14.3 Å². The van der Waals surface area contributed by atoms with Crippen molar-refractivity contribution in [2.75, 3.05) is 5.32 Å². The molecule has 0 saturated carbocycles. The maximum Gasteiger partial charge on any atom is 0.322 e. The predicted molar refractivity (Wildman–Crippen MR) is 126 cm³/mol. The Morgan fingerprint density at radius 1 is 1.32 bits per heavy atom. The van der Waals surface area contributed by atoms with E-state index < -0.39 is 11.8 Å². The molecule has 2 aromatic heterocycles. The lowest BCUT2D eigenvalue weighted by molar-refractivity contribution is 0.145. The van der Waals surface area contributed by atoms with Crippen molar-refractivity contribution in [3.05, 3.63) is 75.1 Å². The lowest BCUT2D eigenvalue weighted by Gasteiger charge is -2.40. The van der Waals surface area contributed by atoms with E-state index in [2.05, 4.69) is 20.7 Å². The maximum absolute atomic E-state index is 15.1. The molecule has 2 aromatic carbocycles. The fraction of sp³-hybridized carbons (Fsp3) is 0.250. The minimum absolute atomic E-state index is 0.0245. The van der Waals surface area contributed by atoms with E-state index >= 15 is 4.39 Å². The Balaban J connectivity index is 1.43. The third-order valence-corrected chi connectivity index (χ3v) is 6.47. The molecule has 2 amide bonds. The van der Waals surface area contributed by atoms with Gasteiger partial charge in [-0.3, -0.25) is 4.79 Å². The maximum atomic E-state index is 15.1. The van der Waals surface area contributed by atoms with Gasteiger partial charge >= 0.3 is 6.03 Å². The van der Waals surface area contributed by atoms with Crippen LogP contribution in [0.15, 0.2) is 52.0 Å². The first-order valence-electron chi connectivity index (χ1n) is 10.9. The number of benzene rings is 2. The van der Waals surface area contributed by atoms with Crippen molar-refractivity contribution in [2.24, 2.45) is 0 Å². The minimum atomic E-state index is -0.617. The quantitative estimate of drug-likeness (QED) is 0.413. The smallest absolute Gasteiger partial charge is 0.322 e. The first-order valence-corrected chi connectivity index (χ1v) is 11.2. The van der Waals surface area contributed by atoms with Gasteiger partial charge in [0.05, 0.1) is 22.4 Å². The number of urea groups is 1. The molecule has 0 fully saturated rings. The number of hydrogen-bond acceptors (Lipinski definition) is 5. The van der Waals surface area contributed by atoms with Gasteiger partial charge in [-0.1, -0.05) is 29.7 Å². The lowest BCUT2D eigenvalue weighted by atomic mass is 9.92. The van der Waals surface area contributed by atoms with E-state index in [1.54, 1.807) is 17.0 Å². The van der Waals surface area contributed by atoms with Crippen LogP contribution in [0, 0.1) is 5.82 Å². The van der Waals surface area contributed by atoms with Gasteiger partial charge in [0, 0.05) is 23.1 Å². The summed E-state index contributed by atoms with van der Waals surface area (Å²) in [6.45, 7) is 3.82. The summed E-state index contributed by atoms with van der Waals surface area (Å²) in [6, 6.07) is 8.54. The van der Waals surface area contributed by atoms with Crippen molar-refractivity contribution in [3.8, 4) is 11.1 Å². The van der Waals surface area contributed by atoms with Crippen LogP contribution >= 0.6 is 11.6 Å². The van der Waals surface area contributed by atoms with Gasteiger partial charge in [0.25, 0.3) is 5.56 Å². The number of H-pyrrole nitrogens is 1. The number of carbonyl (C=O) groups is 1. The van der Waals surface area contributed by atoms with E-state index in [1.807, 2.05) is 19.9 Å². The van der Waals surface area contributed by atoms with Crippen molar-refractivity contribution < 1.29 is 13.7 Å². The summed E-state index contributed by atoms with van der Waals surface area (Å²) < 4.78 is 20.0. The van der Waals surface area contributed by atoms with Gasteiger partial charge in [-0.05, 0) is 55.2 Å². The number of fused-ring (bicyclic) bond motifs is 2. The second-order valence-corrected chi connectivity index (χ2v) is 8.76. The van der Waals surface area contributed by atoms with E-state index in [0.717, 1.165) is 10.9 Å². The van der Waals surface area contributed by atoms with Gasteiger partial charge < -0.3 is 14.7 Å². The highest BCUT2D eigenvalue weighted by Crippen LogP contribution is 2.36. The highest BCUT2D eigenvalue weighted by atomic mass is 35.5. The number of anilines is 1. The zero-order chi connectivity index (χ0) is 24.0. The van der Waals surface area contributed by atoms with E-state index in [9.17, 15) is 9.59 Å². The molecule has 2 N–H and O–H groups in total. The van der Waals surface area contributed by atoms with Crippen LogP contribution in [0.25, 0.3) is 22.0 Å². The molecule has 1 aliphatic heterocycles. The first-order chi connectivity index (χ1) is 16.4. The van der Waals surface area contributed by atoms with Gasteiger partial charge in [0.1, 0.15) is 17.6 Å². The van der Waals surface area contributed by atoms with Crippen molar-refractivity contribution in [2.45, 2.75) is 38.8 Å². The first kappa shape index (κ1) is 22.1. The molecule has 1 aliphatic rings. The summed E-state index contributed by atoms with van der Waals surface area (Å²) in [4.78, 5) is 26.6. The summed E-state index contributed by atoms with van der Waals surface area (Å²) in [5, 5.41) is 14.3. The van der Waals surface area contributed by atoms with Crippen LogP contribution in [0.4, 0.5) is 14.9 Å². The van der Waals surface area contributed by atoms with E-state index in [4.69, 9.17) is 16.1 Å². The molecule has 174 valence electrons. The topological polar surface area (TPSA) is 104 Å². The van der Waals surface area contributed by atoms with E-state index in [0.29, 0.717) is 35.2 Å². The molecule has 0 bridgehead atoms. The number of rotatable bonds is 3. The molecule has 3 heterocycles. The Labute approximate surface area is 198 Å². The van der Waals surface area contributed by atoms with Crippen LogP contribution in [0.1, 0.15) is 37.6 Å². The van der Waals surface area contributed by atoms with Gasteiger partial charge in [-0.2, -0.15) is 5.10 Å². The molecule has 0 spiro atoms. The van der Waals surface area contributed by atoms with Crippen LogP contribution in [0.5, 0.6) is 0 Å².